The highest BCUT2D eigenvalue weighted by Crippen LogP contribution is 2.25. The number of nitrogens with one attached hydrogen (secondary N) is 1. The van der Waals surface area contributed by atoms with Crippen LogP contribution in [0.15, 0.2) is 24.4 Å². The number of nitrogens with zero attached hydrogens (tertiary/aromatic N) is 2. The van der Waals surface area contributed by atoms with Gasteiger partial charge in [-0.1, -0.05) is 0 Å². The molecule has 0 bridgehead atoms. The molecule has 0 aliphatic heterocycles. The van der Waals surface area contributed by atoms with Crippen LogP contribution in [-0.4, -0.2) is 24.1 Å². The first kappa shape index (κ1) is 13.0. The fourth-order valence-corrected chi connectivity index (χ4v) is 2.02. The molecule has 94 valence electrons. The molecular formula is C12H11FIN3O. The predicted octanol–water partition coefficient (Wildman–Crippen LogP) is 2.94. The average molecular weight is 359 g/mol. The molecule has 0 radical (unpaired) electrons. The number of anilines is 1. The summed E-state index contributed by atoms with van der Waals surface area (Å²) in [5.41, 5.74) is 0.612. The SMILES string of the molecule is CNc1nc(-c2ccc(OC)c(F)c2)ncc1I. The number of methoxy groups -OCH3 is 1. The van der Waals surface area contributed by atoms with E-state index in [1.165, 1.54) is 13.2 Å². The number of halogens is 2. The first-order valence-corrected chi connectivity index (χ1v) is 6.27. The predicted molar refractivity (Wildman–Crippen MR) is 76.2 cm³/mol. The van der Waals surface area contributed by atoms with Gasteiger partial charge in [0.05, 0.1) is 10.7 Å². The minimum atomic E-state index is -0.428. The Morgan fingerprint density at radius 3 is 2.78 bits per heavy atom. The van der Waals surface area contributed by atoms with E-state index in [0.29, 0.717) is 11.4 Å². The lowest BCUT2D eigenvalue weighted by Crippen LogP contribution is -1.99. The van der Waals surface area contributed by atoms with Gasteiger partial charge in [0.25, 0.3) is 0 Å². The number of ether oxygens (including phenoxy) is 1. The topological polar surface area (TPSA) is 47.0 Å². The monoisotopic (exact) mass is 359 g/mol. The largest absolute Gasteiger partial charge is 0.494 e. The summed E-state index contributed by atoms with van der Waals surface area (Å²) in [6.07, 6.45) is 1.69. The Bertz CT molecular complexity index is 577. The standard InChI is InChI=1S/C12H11FIN3O/c1-15-12-9(14)6-16-11(17-12)7-3-4-10(18-2)8(13)5-7/h3-6H,1-2H3,(H,15,16,17). The summed E-state index contributed by atoms with van der Waals surface area (Å²) in [5, 5.41) is 2.97. The summed E-state index contributed by atoms with van der Waals surface area (Å²) >= 11 is 2.13. The third kappa shape index (κ3) is 2.53. The van der Waals surface area contributed by atoms with E-state index in [-0.39, 0.29) is 5.75 Å². The molecule has 1 N–H and O–H groups in total. The van der Waals surface area contributed by atoms with Crippen molar-refractivity contribution in [3.05, 3.63) is 33.8 Å². The highest BCUT2D eigenvalue weighted by Gasteiger charge is 2.09. The van der Waals surface area contributed by atoms with Crippen LogP contribution in [0, 0.1) is 9.39 Å². The number of aromatic nitrogens is 2. The maximum Gasteiger partial charge on any atom is 0.165 e. The van der Waals surface area contributed by atoms with Gasteiger partial charge in [0, 0.05) is 18.8 Å². The number of benzene rings is 1. The van der Waals surface area contributed by atoms with E-state index >= 15 is 0 Å². The fourth-order valence-electron chi connectivity index (χ4n) is 1.49. The van der Waals surface area contributed by atoms with Gasteiger partial charge in [-0.2, -0.15) is 0 Å². The molecule has 0 spiro atoms. The summed E-state index contributed by atoms with van der Waals surface area (Å²) in [7, 11) is 3.21. The summed E-state index contributed by atoms with van der Waals surface area (Å²) in [4.78, 5) is 8.51. The van der Waals surface area contributed by atoms with Crippen molar-refractivity contribution in [1.29, 1.82) is 0 Å². The molecule has 1 aromatic heterocycles. The van der Waals surface area contributed by atoms with Gasteiger partial charge in [0.15, 0.2) is 17.4 Å². The number of rotatable bonds is 3. The fraction of sp³-hybridized carbons (Fsp3) is 0.167. The molecule has 18 heavy (non-hydrogen) atoms. The molecule has 1 aromatic carbocycles. The second-order valence-electron chi connectivity index (χ2n) is 3.49. The van der Waals surface area contributed by atoms with Gasteiger partial charge in [0.1, 0.15) is 5.82 Å². The van der Waals surface area contributed by atoms with Gasteiger partial charge in [-0.15, -0.1) is 0 Å². The molecule has 6 heteroatoms. The highest BCUT2D eigenvalue weighted by molar-refractivity contribution is 14.1. The zero-order valence-corrected chi connectivity index (χ0v) is 12.0. The molecule has 4 nitrogen and oxygen atoms in total. The minimum absolute atomic E-state index is 0.207. The Labute approximate surface area is 118 Å². The molecule has 0 saturated carbocycles. The van der Waals surface area contributed by atoms with E-state index in [1.807, 2.05) is 0 Å². The van der Waals surface area contributed by atoms with Crippen LogP contribution >= 0.6 is 22.6 Å². The molecule has 0 amide bonds. The quantitative estimate of drug-likeness (QED) is 0.857. The Morgan fingerprint density at radius 2 is 2.17 bits per heavy atom. The van der Waals surface area contributed by atoms with Crippen LogP contribution in [0.4, 0.5) is 10.2 Å². The Hall–Kier alpha value is -1.44. The lowest BCUT2D eigenvalue weighted by molar-refractivity contribution is 0.386. The van der Waals surface area contributed by atoms with E-state index in [9.17, 15) is 4.39 Å². The summed E-state index contributed by atoms with van der Waals surface area (Å²) in [6, 6.07) is 4.65. The van der Waals surface area contributed by atoms with Crippen molar-refractivity contribution in [2.75, 3.05) is 19.5 Å². The van der Waals surface area contributed by atoms with Gasteiger partial charge in [0.2, 0.25) is 0 Å². The van der Waals surface area contributed by atoms with Gasteiger partial charge in [-0.25, -0.2) is 14.4 Å². The molecule has 0 atom stereocenters. The zero-order valence-electron chi connectivity index (χ0n) is 9.87. The van der Waals surface area contributed by atoms with E-state index in [4.69, 9.17) is 4.74 Å². The maximum absolute atomic E-state index is 13.6. The molecule has 0 aliphatic carbocycles. The smallest absolute Gasteiger partial charge is 0.165 e. The van der Waals surface area contributed by atoms with Crippen LogP contribution in [-0.2, 0) is 0 Å². The lowest BCUT2D eigenvalue weighted by Gasteiger charge is -2.07. The molecule has 2 aromatic rings. The van der Waals surface area contributed by atoms with Gasteiger partial charge < -0.3 is 10.1 Å². The van der Waals surface area contributed by atoms with Crippen molar-refractivity contribution >= 4 is 28.4 Å². The maximum atomic E-state index is 13.6. The first-order valence-electron chi connectivity index (χ1n) is 5.20. The average Bonchev–Trinajstić information content (AvgIpc) is 2.39. The Balaban J connectivity index is 2.45. The molecule has 1 heterocycles. The summed E-state index contributed by atoms with van der Waals surface area (Å²) in [6.45, 7) is 0. The van der Waals surface area contributed by atoms with Gasteiger partial charge in [-0.05, 0) is 40.8 Å². The summed E-state index contributed by atoms with van der Waals surface area (Å²) < 4.78 is 19.4. The van der Waals surface area contributed by atoms with Crippen molar-refractivity contribution < 1.29 is 9.13 Å². The van der Waals surface area contributed by atoms with E-state index in [0.717, 1.165) is 9.39 Å². The number of hydrogen-bond donors (Lipinski definition) is 1. The van der Waals surface area contributed by atoms with Crippen LogP contribution < -0.4 is 10.1 Å². The second-order valence-corrected chi connectivity index (χ2v) is 4.65. The van der Waals surface area contributed by atoms with E-state index < -0.39 is 5.82 Å². The van der Waals surface area contributed by atoms with E-state index in [2.05, 4.69) is 37.9 Å². The van der Waals surface area contributed by atoms with Crippen LogP contribution in [0.5, 0.6) is 5.75 Å². The third-order valence-electron chi connectivity index (χ3n) is 2.39. The van der Waals surface area contributed by atoms with Crippen LogP contribution in [0.3, 0.4) is 0 Å². The van der Waals surface area contributed by atoms with Crippen molar-refractivity contribution in [3.8, 4) is 17.1 Å². The number of hydrogen-bond acceptors (Lipinski definition) is 4. The van der Waals surface area contributed by atoms with Crippen LogP contribution in [0.1, 0.15) is 0 Å². The Morgan fingerprint density at radius 1 is 1.39 bits per heavy atom. The van der Waals surface area contributed by atoms with Crippen LogP contribution in [0.25, 0.3) is 11.4 Å². The summed E-state index contributed by atoms with van der Waals surface area (Å²) in [5.74, 6) is 0.972. The third-order valence-corrected chi connectivity index (χ3v) is 3.18. The molecule has 0 unspecified atom stereocenters. The van der Waals surface area contributed by atoms with Gasteiger partial charge >= 0.3 is 0 Å². The minimum Gasteiger partial charge on any atom is -0.494 e. The second kappa shape index (κ2) is 5.47. The molecule has 0 fully saturated rings. The van der Waals surface area contributed by atoms with Crippen LogP contribution in [0.2, 0.25) is 0 Å². The zero-order chi connectivity index (χ0) is 13.1. The normalized spacial score (nSPS) is 10.2. The highest BCUT2D eigenvalue weighted by atomic mass is 127. The Kier molecular flexibility index (Phi) is 3.95. The molecule has 0 aliphatic rings. The van der Waals surface area contributed by atoms with E-state index in [1.54, 1.807) is 25.4 Å². The molecule has 0 saturated heterocycles. The van der Waals surface area contributed by atoms with Crippen molar-refractivity contribution in [2.24, 2.45) is 0 Å². The van der Waals surface area contributed by atoms with Gasteiger partial charge in [-0.3, -0.25) is 0 Å². The first-order chi connectivity index (χ1) is 8.65. The van der Waals surface area contributed by atoms with Crippen molar-refractivity contribution in [3.63, 3.8) is 0 Å². The van der Waals surface area contributed by atoms with Crippen molar-refractivity contribution in [2.45, 2.75) is 0 Å². The molecule has 2 rings (SSSR count). The lowest BCUT2D eigenvalue weighted by atomic mass is 10.2. The molecular weight excluding hydrogens is 348 g/mol. The van der Waals surface area contributed by atoms with Crippen molar-refractivity contribution in [1.82, 2.24) is 9.97 Å².